The number of aliphatic hydroxyl groups is 8. The van der Waals surface area contributed by atoms with Gasteiger partial charge in [-0.2, -0.15) is 0 Å². The summed E-state index contributed by atoms with van der Waals surface area (Å²) in [4.78, 5) is 12.9. The first-order chi connectivity index (χ1) is 24.1. The van der Waals surface area contributed by atoms with Gasteiger partial charge in [0.15, 0.2) is 12.6 Å². The molecule has 2 aliphatic rings. The number of hydrogen-bond donors (Lipinski definition) is 9. The average Bonchev–Trinajstić information content (AvgIpc) is 3.11. The third-order valence-corrected chi connectivity index (χ3v) is 9.47. The molecule has 12 unspecified atom stereocenters. The Labute approximate surface area is 297 Å². The first-order valence-electron chi connectivity index (χ1n) is 18.9. The summed E-state index contributed by atoms with van der Waals surface area (Å²) in [5, 5.41) is 85.7. The summed E-state index contributed by atoms with van der Waals surface area (Å²) < 4.78 is 22.4. The van der Waals surface area contributed by atoms with E-state index in [0.29, 0.717) is 6.42 Å². The summed E-state index contributed by atoms with van der Waals surface area (Å²) in [6.45, 7) is 2.64. The molecule has 2 aliphatic heterocycles. The van der Waals surface area contributed by atoms with Crippen LogP contribution < -0.4 is 5.32 Å². The molecule has 12 atom stereocenters. The van der Waals surface area contributed by atoms with Crippen LogP contribution in [-0.2, 0) is 23.7 Å². The Morgan fingerprint density at radius 2 is 1.24 bits per heavy atom. The second kappa shape index (κ2) is 25.7. The number of allylic oxidation sites excluding steroid dienone is 1. The predicted octanol–water partition coefficient (Wildman–Crippen LogP) is 1.31. The van der Waals surface area contributed by atoms with Gasteiger partial charge >= 0.3 is 0 Å². The van der Waals surface area contributed by atoms with Crippen molar-refractivity contribution in [2.24, 2.45) is 0 Å². The number of nitrogens with one attached hydrogen (secondary N) is 1. The van der Waals surface area contributed by atoms with Crippen molar-refractivity contribution in [2.75, 3.05) is 19.8 Å². The largest absolute Gasteiger partial charge is 0.394 e. The first-order valence-corrected chi connectivity index (χ1v) is 18.9. The smallest absolute Gasteiger partial charge is 0.220 e. The van der Waals surface area contributed by atoms with Crippen LogP contribution in [0, 0.1) is 0 Å². The molecule has 0 aliphatic carbocycles. The molecule has 9 N–H and O–H groups in total. The van der Waals surface area contributed by atoms with Crippen LogP contribution in [0.2, 0.25) is 0 Å². The Morgan fingerprint density at radius 1 is 0.700 bits per heavy atom. The summed E-state index contributed by atoms with van der Waals surface area (Å²) in [7, 11) is 0. The van der Waals surface area contributed by atoms with Crippen LogP contribution >= 0.6 is 0 Å². The summed E-state index contributed by atoms with van der Waals surface area (Å²) in [5.41, 5.74) is 0. The van der Waals surface area contributed by atoms with Gasteiger partial charge in [-0.3, -0.25) is 4.79 Å². The molecule has 294 valence electrons. The Balaban J connectivity index is 1.98. The lowest BCUT2D eigenvalue weighted by Gasteiger charge is -2.46. The highest BCUT2D eigenvalue weighted by Gasteiger charge is 2.50. The molecule has 2 saturated heterocycles. The van der Waals surface area contributed by atoms with Crippen LogP contribution in [0.5, 0.6) is 0 Å². The highest BCUT2D eigenvalue weighted by atomic mass is 16.7. The van der Waals surface area contributed by atoms with Crippen LogP contribution in [-0.4, -0.2) is 140 Å². The maximum atomic E-state index is 12.9. The molecule has 0 saturated carbocycles. The molecule has 14 heteroatoms. The Kier molecular flexibility index (Phi) is 23.0. The number of carbonyl (C=O) groups is 1. The van der Waals surface area contributed by atoms with E-state index in [1.807, 2.05) is 6.08 Å². The van der Waals surface area contributed by atoms with Gasteiger partial charge in [0.05, 0.1) is 32.0 Å². The molecule has 2 rings (SSSR count). The number of ether oxygens (including phenoxy) is 4. The minimum Gasteiger partial charge on any atom is -0.394 e. The van der Waals surface area contributed by atoms with Crippen LogP contribution in [0.15, 0.2) is 12.2 Å². The number of hydrogen-bond acceptors (Lipinski definition) is 13. The van der Waals surface area contributed by atoms with Crippen molar-refractivity contribution in [3.05, 3.63) is 12.2 Å². The molecule has 50 heavy (non-hydrogen) atoms. The lowest BCUT2D eigenvalue weighted by Crippen LogP contribution is -2.65. The van der Waals surface area contributed by atoms with Gasteiger partial charge < -0.3 is 65.1 Å². The van der Waals surface area contributed by atoms with Crippen molar-refractivity contribution < 1.29 is 64.6 Å². The predicted molar refractivity (Wildman–Crippen MR) is 185 cm³/mol. The third kappa shape index (κ3) is 15.4. The molecule has 0 aromatic carbocycles. The second-order valence-electron chi connectivity index (χ2n) is 13.7. The van der Waals surface area contributed by atoms with Gasteiger partial charge in [0, 0.05) is 6.42 Å². The molecule has 0 aromatic heterocycles. The van der Waals surface area contributed by atoms with Crippen LogP contribution in [0.3, 0.4) is 0 Å². The molecule has 2 heterocycles. The van der Waals surface area contributed by atoms with Gasteiger partial charge in [0.2, 0.25) is 5.91 Å². The number of unbranched alkanes of at least 4 members (excludes halogenated alkanes) is 13. The third-order valence-electron chi connectivity index (χ3n) is 9.47. The SMILES string of the molecule is CCCCCCC/C=C/C(O)C(COC1OC(CO)C(OC2OC(CO)C(O)C(O)C2O)C(O)C1O)NC(=O)CCCCCCCCCCC. The van der Waals surface area contributed by atoms with E-state index in [9.17, 15) is 45.6 Å². The lowest BCUT2D eigenvalue weighted by molar-refractivity contribution is -0.359. The van der Waals surface area contributed by atoms with Crippen LogP contribution in [0.25, 0.3) is 0 Å². The Morgan fingerprint density at radius 3 is 1.84 bits per heavy atom. The number of rotatable bonds is 26. The van der Waals surface area contributed by atoms with Gasteiger partial charge in [-0.1, -0.05) is 103 Å². The fraction of sp³-hybridized carbons (Fsp3) is 0.917. The first kappa shape index (κ1) is 44.9. The topological polar surface area (TPSA) is 228 Å². The van der Waals surface area contributed by atoms with E-state index in [-0.39, 0.29) is 18.9 Å². The van der Waals surface area contributed by atoms with Crippen molar-refractivity contribution in [1.29, 1.82) is 0 Å². The second-order valence-corrected chi connectivity index (χ2v) is 13.7. The molecule has 14 nitrogen and oxygen atoms in total. The normalized spacial score (nSPS) is 31.6. The lowest BCUT2D eigenvalue weighted by atomic mass is 9.97. The van der Waals surface area contributed by atoms with E-state index >= 15 is 0 Å². The quantitative estimate of drug-likeness (QED) is 0.0454. The summed E-state index contributed by atoms with van der Waals surface area (Å²) in [6, 6.07) is -0.902. The fourth-order valence-corrected chi connectivity index (χ4v) is 6.23. The van der Waals surface area contributed by atoms with E-state index < -0.39 is 86.8 Å². The van der Waals surface area contributed by atoms with Gasteiger partial charge in [0.25, 0.3) is 0 Å². The maximum absolute atomic E-state index is 12.9. The van der Waals surface area contributed by atoms with Crippen molar-refractivity contribution >= 4 is 5.91 Å². The zero-order valence-electron chi connectivity index (χ0n) is 30.1. The summed E-state index contributed by atoms with van der Waals surface area (Å²) in [6.07, 6.45) is 3.15. The van der Waals surface area contributed by atoms with E-state index in [1.54, 1.807) is 6.08 Å². The average molecular weight is 722 g/mol. The van der Waals surface area contributed by atoms with E-state index in [0.717, 1.165) is 51.4 Å². The Bertz CT molecular complexity index is 909. The van der Waals surface area contributed by atoms with Gasteiger partial charge in [0.1, 0.15) is 48.8 Å². The molecule has 0 aromatic rings. The van der Waals surface area contributed by atoms with Crippen LogP contribution in [0.1, 0.15) is 117 Å². The maximum Gasteiger partial charge on any atom is 0.220 e. The minimum atomic E-state index is -1.78. The van der Waals surface area contributed by atoms with E-state index in [2.05, 4.69) is 19.2 Å². The van der Waals surface area contributed by atoms with Crippen molar-refractivity contribution in [3.63, 3.8) is 0 Å². The van der Waals surface area contributed by atoms with Gasteiger partial charge in [-0.25, -0.2) is 0 Å². The zero-order valence-corrected chi connectivity index (χ0v) is 30.1. The van der Waals surface area contributed by atoms with Gasteiger partial charge in [-0.15, -0.1) is 0 Å². The molecular weight excluding hydrogens is 654 g/mol. The van der Waals surface area contributed by atoms with E-state index in [1.165, 1.54) is 38.5 Å². The number of carbonyl (C=O) groups excluding carboxylic acids is 1. The number of aliphatic hydroxyl groups excluding tert-OH is 8. The molecule has 1 amide bonds. The highest BCUT2D eigenvalue weighted by Crippen LogP contribution is 2.29. The number of amides is 1. The molecule has 0 bridgehead atoms. The standard InChI is InChI=1S/C36H67NO13/c1-3-5-7-9-11-12-14-16-18-20-28(41)37-24(25(40)19-17-15-13-10-8-6-4-2)23-47-35-33(46)31(44)34(27(22-39)49-35)50-36-32(45)30(43)29(42)26(21-38)48-36/h17,19,24-27,29-36,38-40,42-46H,3-16,18,20-23H2,1-2H3,(H,37,41)/b19-17+. The fourth-order valence-electron chi connectivity index (χ4n) is 6.23. The monoisotopic (exact) mass is 721 g/mol. The van der Waals surface area contributed by atoms with Gasteiger partial charge in [-0.05, 0) is 19.3 Å². The van der Waals surface area contributed by atoms with Crippen molar-refractivity contribution in [1.82, 2.24) is 5.32 Å². The zero-order chi connectivity index (χ0) is 36.9. The van der Waals surface area contributed by atoms with Crippen molar-refractivity contribution in [2.45, 2.75) is 190 Å². The Hall–Kier alpha value is -1.27. The minimum absolute atomic E-state index is 0.250. The highest BCUT2D eigenvalue weighted by molar-refractivity contribution is 5.76. The molecule has 0 radical (unpaired) electrons. The molecular formula is C36H67NO13. The van der Waals surface area contributed by atoms with Crippen LogP contribution in [0.4, 0.5) is 0 Å². The summed E-state index contributed by atoms with van der Waals surface area (Å²) in [5.74, 6) is -0.250. The molecule has 2 fully saturated rings. The van der Waals surface area contributed by atoms with E-state index in [4.69, 9.17) is 18.9 Å². The van der Waals surface area contributed by atoms with Crippen molar-refractivity contribution in [3.8, 4) is 0 Å². The molecule has 0 spiro atoms. The summed E-state index contributed by atoms with van der Waals surface area (Å²) >= 11 is 0.